The number of hydrogen-bond acceptors (Lipinski definition) is 6. The van der Waals surface area contributed by atoms with Crippen molar-refractivity contribution in [3.63, 3.8) is 0 Å². The Labute approximate surface area is 125 Å². The molecule has 0 bridgehead atoms. The predicted octanol–water partition coefficient (Wildman–Crippen LogP) is 0.959. The van der Waals surface area contributed by atoms with E-state index >= 15 is 0 Å². The molecule has 22 heavy (non-hydrogen) atoms. The van der Waals surface area contributed by atoms with Crippen LogP contribution in [0.15, 0.2) is 33.5 Å². The molecule has 2 heterocycles. The number of benzene rings is 1. The van der Waals surface area contributed by atoms with Gasteiger partial charge in [-0.05, 0) is 24.6 Å². The smallest absolute Gasteiger partial charge is 0.404 e. The Morgan fingerprint density at radius 2 is 2.27 bits per heavy atom. The van der Waals surface area contributed by atoms with Crippen molar-refractivity contribution in [2.75, 3.05) is 18.0 Å². The van der Waals surface area contributed by atoms with Crippen molar-refractivity contribution in [3.8, 4) is 0 Å². The van der Waals surface area contributed by atoms with Gasteiger partial charge in [0.05, 0.1) is 11.5 Å². The fraction of sp³-hybridized carbons (Fsp3) is 0.333. The van der Waals surface area contributed by atoms with Crippen LogP contribution in [0, 0.1) is 0 Å². The van der Waals surface area contributed by atoms with E-state index in [-0.39, 0.29) is 23.9 Å². The number of carbonyl (C=O) groups excluding carboxylic acids is 1. The number of primary amides is 1. The third kappa shape index (κ3) is 2.89. The summed E-state index contributed by atoms with van der Waals surface area (Å²) in [7, 11) is 0. The van der Waals surface area contributed by atoms with Gasteiger partial charge in [-0.25, -0.2) is 4.79 Å². The molecule has 2 aromatic rings. The normalized spacial score (nSPS) is 17.9. The molecule has 1 saturated heterocycles. The monoisotopic (exact) mass is 304 g/mol. The van der Waals surface area contributed by atoms with Gasteiger partial charge in [-0.3, -0.25) is 4.79 Å². The lowest BCUT2D eigenvalue weighted by atomic mass is 10.2. The van der Waals surface area contributed by atoms with Crippen LogP contribution in [0.5, 0.6) is 0 Å². The summed E-state index contributed by atoms with van der Waals surface area (Å²) < 4.78 is 10.1. The van der Waals surface area contributed by atoms with Crippen molar-refractivity contribution >= 4 is 22.7 Å². The van der Waals surface area contributed by atoms with E-state index in [2.05, 4.69) is 4.74 Å². The number of anilines is 1. The number of nitrogens with two attached hydrogens (primary N) is 1. The fourth-order valence-corrected chi connectivity index (χ4v) is 2.58. The van der Waals surface area contributed by atoms with Gasteiger partial charge in [-0.2, -0.15) is 0 Å². The molecule has 7 nitrogen and oxygen atoms in total. The number of rotatable bonds is 3. The molecule has 116 valence electrons. The van der Waals surface area contributed by atoms with Crippen LogP contribution in [0.2, 0.25) is 0 Å². The van der Waals surface area contributed by atoms with Gasteiger partial charge in [0, 0.05) is 24.8 Å². The predicted molar refractivity (Wildman–Crippen MR) is 79.7 cm³/mol. The number of ether oxygens (including phenoxy) is 1. The highest BCUT2D eigenvalue weighted by atomic mass is 16.6. The lowest BCUT2D eigenvalue weighted by Gasteiger charge is -2.18. The van der Waals surface area contributed by atoms with Crippen LogP contribution >= 0.6 is 0 Å². The van der Waals surface area contributed by atoms with Gasteiger partial charge in [0.25, 0.3) is 0 Å². The van der Waals surface area contributed by atoms with E-state index in [0.717, 1.165) is 18.7 Å². The molecule has 7 heteroatoms. The Morgan fingerprint density at radius 3 is 2.95 bits per heavy atom. The number of fused-ring (bicyclic) bond motifs is 1. The summed E-state index contributed by atoms with van der Waals surface area (Å²) in [6.07, 6.45) is -0.540. The maximum atomic E-state index is 12.2. The molecule has 1 aromatic carbocycles. The Morgan fingerprint density at radius 1 is 1.45 bits per heavy atom. The first-order valence-electron chi connectivity index (χ1n) is 6.95. The number of β-amino-alcohol motifs (C(OH)–C–C–N with tert-alkyl or cyclic N) is 1. The summed E-state index contributed by atoms with van der Waals surface area (Å²) in [5, 5.41) is 10.0. The molecule has 0 radical (unpaired) electrons. The Balaban J connectivity index is 1.92. The van der Waals surface area contributed by atoms with Gasteiger partial charge in [0.1, 0.15) is 11.3 Å². The first-order chi connectivity index (χ1) is 10.5. The van der Waals surface area contributed by atoms with Crippen LogP contribution in [-0.2, 0) is 11.3 Å². The molecular weight excluding hydrogens is 288 g/mol. The van der Waals surface area contributed by atoms with Crippen molar-refractivity contribution < 1.29 is 19.1 Å². The molecule has 1 fully saturated rings. The highest BCUT2D eigenvalue weighted by Crippen LogP contribution is 2.24. The minimum absolute atomic E-state index is 0.180. The van der Waals surface area contributed by atoms with Gasteiger partial charge in [-0.1, -0.05) is 0 Å². The first kappa shape index (κ1) is 14.4. The number of hydrogen-bond donors (Lipinski definition) is 2. The lowest BCUT2D eigenvalue weighted by Crippen LogP contribution is -2.21. The van der Waals surface area contributed by atoms with Crippen molar-refractivity contribution in [2.45, 2.75) is 19.1 Å². The highest BCUT2D eigenvalue weighted by Gasteiger charge is 2.21. The molecule has 1 aromatic heterocycles. The molecule has 1 aliphatic rings. The molecule has 1 aliphatic heterocycles. The van der Waals surface area contributed by atoms with Gasteiger partial charge in [0.2, 0.25) is 0 Å². The second-order valence-electron chi connectivity index (χ2n) is 5.25. The average Bonchev–Trinajstić information content (AvgIpc) is 2.91. The molecule has 1 unspecified atom stereocenters. The Bertz CT molecular complexity index is 770. The van der Waals surface area contributed by atoms with Crippen LogP contribution in [0.4, 0.5) is 10.5 Å². The Hall–Kier alpha value is -2.54. The van der Waals surface area contributed by atoms with Crippen LogP contribution in [0.3, 0.4) is 0 Å². The van der Waals surface area contributed by atoms with Crippen LogP contribution < -0.4 is 16.1 Å². The van der Waals surface area contributed by atoms with Crippen molar-refractivity contribution in [2.24, 2.45) is 5.73 Å². The van der Waals surface area contributed by atoms with Gasteiger partial charge in [0.15, 0.2) is 12.0 Å². The van der Waals surface area contributed by atoms with E-state index in [1.807, 2.05) is 11.0 Å². The minimum Gasteiger partial charge on any atom is -0.457 e. The van der Waals surface area contributed by atoms with Gasteiger partial charge >= 0.3 is 6.09 Å². The second-order valence-corrected chi connectivity index (χ2v) is 5.25. The molecular formula is C15H16N2O5. The van der Waals surface area contributed by atoms with Crippen LogP contribution in [0.1, 0.15) is 12.2 Å². The second kappa shape index (κ2) is 5.69. The zero-order chi connectivity index (χ0) is 15.7. The van der Waals surface area contributed by atoms with E-state index in [1.165, 1.54) is 6.07 Å². The third-order valence-electron chi connectivity index (χ3n) is 3.65. The van der Waals surface area contributed by atoms with E-state index in [9.17, 15) is 14.7 Å². The number of aliphatic hydroxyl groups is 1. The van der Waals surface area contributed by atoms with Crippen LogP contribution in [0.25, 0.3) is 11.0 Å². The van der Waals surface area contributed by atoms with Crippen molar-refractivity contribution in [1.82, 2.24) is 0 Å². The number of amides is 1. The largest absolute Gasteiger partial charge is 0.457 e. The number of carbonyl (C=O) groups is 1. The van der Waals surface area contributed by atoms with Gasteiger partial charge < -0.3 is 24.9 Å². The number of nitrogens with zero attached hydrogens (tertiary/aromatic N) is 1. The molecule has 1 amide bonds. The maximum Gasteiger partial charge on any atom is 0.404 e. The summed E-state index contributed by atoms with van der Waals surface area (Å²) >= 11 is 0. The standard InChI is InChI=1S/C15H16N2O5/c16-15(20)21-8-11-6-13(19)12-5-9(1-2-14(12)22-11)17-4-3-10(18)7-17/h1-2,5-6,10,18H,3-4,7-8H2,(H2,16,20). The molecule has 3 rings (SSSR count). The minimum atomic E-state index is -0.925. The van der Waals surface area contributed by atoms with E-state index in [1.54, 1.807) is 12.1 Å². The van der Waals surface area contributed by atoms with E-state index in [4.69, 9.17) is 10.2 Å². The summed E-state index contributed by atoms with van der Waals surface area (Å²) in [6, 6.07) is 6.57. The van der Waals surface area contributed by atoms with E-state index < -0.39 is 6.09 Å². The summed E-state index contributed by atoms with van der Waals surface area (Å²) in [5.74, 6) is 0.237. The highest BCUT2D eigenvalue weighted by molar-refractivity contribution is 5.81. The first-order valence-corrected chi connectivity index (χ1v) is 6.95. The van der Waals surface area contributed by atoms with Crippen molar-refractivity contribution in [3.05, 3.63) is 40.2 Å². The molecule has 1 atom stereocenters. The lowest BCUT2D eigenvalue weighted by molar-refractivity contribution is 0.141. The molecule has 0 spiro atoms. The zero-order valence-corrected chi connectivity index (χ0v) is 11.8. The summed E-state index contributed by atoms with van der Waals surface area (Å²) in [5.41, 5.74) is 5.96. The van der Waals surface area contributed by atoms with E-state index in [0.29, 0.717) is 17.5 Å². The topological polar surface area (TPSA) is 106 Å². The number of aliphatic hydroxyl groups excluding tert-OH is 1. The quantitative estimate of drug-likeness (QED) is 0.875. The summed E-state index contributed by atoms with van der Waals surface area (Å²) in [4.78, 5) is 24.8. The molecule has 0 saturated carbocycles. The zero-order valence-electron chi connectivity index (χ0n) is 11.8. The molecule has 3 N–H and O–H groups in total. The average molecular weight is 304 g/mol. The molecule has 0 aliphatic carbocycles. The van der Waals surface area contributed by atoms with Crippen LogP contribution in [-0.4, -0.2) is 30.4 Å². The SMILES string of the molecule is NC(=O)OCc1cc(=O)c2cc(N3CCC(O)C3)ccc2o1. The Kier molecular flexibility index (Phi) is 3.72. The fourth-order valence-electron chi connectivity index (χ4n) is 2.58. The van der Waals surface area contributed by atoms with Crippen molar-refractivity contribution in [1.29, 1.82) is 0 Å². The van der Waals surface area contributed by atoms with Gasteiger partial charge in [-0.15, -0.1) is 0 Å². The maximum absolute atomic E-state index is 12.2. The third-order valence-corrected chi connectivity index (χ3v) is 3.65. The summed E-state index contributed by atoms with van der Waals surface area (Å²) in [6.45, 7) is 1.13.